The van der Waals surface area contributed by atoms with Gasteiger partial charge in [0.15, 0.2) is 5.58 Å². The Labute approximate surface area is 81.1 Å². The first-order valence-corrected chi connectivity index (χ1v) is 5.00. The summed E-state index contributed by atoms with van der Waals surface area (Å²) in [5.41, 5.74) is 4.05. The van der Waals surface area contributed by atoms with E-state index in [0.717, 1.165) is 17.5 Å². The Balaban J connectivity index is 2.08. The van der Waals surface area contributed by atoms with E-state index < -0.39 is 0 Å². The van der Waals surface area contributed by atoms with Crippen LogP contribution in [-0.4, -0.2) is 11.7 Å². The number of aromatic nitrogens is 1. The highest BCUT2D eigenvalue weighted by molar-refractivity contribution is 5.84. The lowest BCUT2D eigenvalue weighted by atomic mass is 9.97. The summed E-state index contributed by atoms with van der Waals surface area (Å²) in [5.74, 6) is 0. The standard InChI is InChI=1S/C11H10N2O/c1-2-11(1)6-12-9-4-10-7(3-8(9)11)5-13-14-10/h3-5,12H,1-2,6H2. The van der Waals surface area contributed by atoms with Gasteiger partial charge < -0.3 is 9.84 Å². The van der Waals surface area contributed by atoms with Gasteiger partial charge in [-0.05, 0) is 24.5 Å². The fourth-order valence-electron chi connectivity index (χ4n) is 2.46. The maximum atomic E-state index is 5.14. The van der Waals surface area contributed by atoms with Gasteiger partial charge in [0.1, 0.15) is 0 Å². The van der Waals surface area contributed by atoms with Crippen LogP contribution in [0.3, 0.4) is 0 Å². The van der Waals surface area contributed by atoms with Crippen LogP contribution in [0.15, 0.2) is 22.9 Å². The third-order valence-electron chi connectivity index (χ3n) is 3.53. The van der Waals surface area contributed by atoms with Crippen LogP contribution in [0, 0.1) is 0 Å². The van der Waals surface area contributed by atoms with E-state index in [1.54, 1.807) is 6.20 Å². The highest BCUT2D eigenvalue weighted by Gasteiger charge is 2.49. The lowest BCUT2D eigenvalue weighted by Gasteiger charge is -2.04. The van der Waals surface area contributed by atoms with E-state index in [0.29, 0.717) is 5.41 Å². The summed E-state index contributed by atoms with van der Waals surface area (Å²) in [5, 5.41) is 8.38. The molecule has 0 bridgehead atoms. The molecule has 1 aliphatic heterocycles. The molecule has 0 saturated heterocycles. The highest BCUT2D eigenvalue weighted by Crippen LogP contribution is 2.54. The molecule has 3 nitrogen and oxygen atoms in total. The Hall–Kier alpha value is -1.51. The largest absolute Gasteiger partial charge is 0.384 e. The van der Waals surface area contributed by atoms with Crippen molar-refractivity contribution in [2.24, 2.45) is 0 Å². The van der Waals surface area contributed by atoms with E-state index in [4.69, 9.17) is 4.52 Å². The van der Waals surface area contributed by atoms with Gasteiger partial charge >= 0.3 is 0 Å². The summed E-state index contributed by atoms with van der Waals surface area (Å²) in [6.45, 7) is 1.10. The first-order valence-electron chi connectivity index (χ1n) is 5.00. The molecule has 2 aliphatic rings. The third-order valence-corrected chi connectivity index (χ3v) is 3.53. The first-order chi connectivity index (χ1) is 6.87. The normalized spacial score (nSPS) is 21.1. The van der Waals surface area contributed by atoms with Crippen LogP contribution < -0.4 is 5.32 Å². The second-order valence-corrected chi connectivity index (χ2v) is 4.40. The maximum absolute atomic E-state index is 5.14. The van der Waals surface area contributed by atoms with Gasteiger partial charge in [0.2, 0.25) is 0 Å². The first kappa shape index (κ1) is 6.87. The Morgan fingerprint density at radius 1 is 1.36 bits per heavy atom. The maximum Gasteiger partial charge on any atom is 0.168 e. The van der Waals surface area contributed by atoms with E-state index in [1.165, 1.54) is 24.1 Å². The molecule has 4 rings (SSSR count). The monoisotopic (exact) mass is 186 g/mol. The van der Waals surface area contributed by atoms with Crippen LogP contribution in [0.2, 0.25) is 0 Å². The summed E-state index contributed by atoms with van der Waals surface area (Å²) >= 11 is 0. The van der Waals surface area contributed by atoms with Crippen LogP contribution in [-0.2, 0) is 5.41 Å². The number of rotatable bonds is 0. The lowest BCUT2D eigenvalue weighted by Crippen LogP contribution is -2.08. The van der Waals surface area contributed by atoms with Gasteiger partial charge in [-0.2, -0.15) is 0 Å². The minimum Gasteiger partial charge on any atom is -0.384 e. The van der Waals surface area contributed by atoms with Crippen molar-refractivity contribution in [1.29, 1.82) is 0 Å². The Morgan fingerprint density at radius 3 is 3.14 bits per heavy atom. The summed E-state index contributed by atoms with van der Waals surface area (Å²) < 4.78 is 5.14. The molecule has 0 unspecified atom stereocenters. The molecule has 1 N–H and O–H groups in total. The van der Waals surface area contributed by atoms with Gasteiger partial charge in [-0.25, -0.2) is 0 Å². The Bertz CT molecular complexity index is 525. The molecule has 1 aromatic carbocycles. The fraction of sp³-hybridized carbons (Fsp3) is 0.364. The minimum atomic E-state index is 0.459. The third kappa shape index (κ3) is 0.672. The van der Waals surface area contributed by atoms with Crippen molar-refractivity contribution in [3.8, 4) is 0 Å². The number of fused-ring (bicyclic) bond motifs is 3. The molecule has 0 radical (unpaired) electrons. The molecule has 1 spiro atoms. The summed E-state index contributed by atoms with van der Waals surface area (Å²) in [7, 11) is 0. The molecule has 1 aromatic heterocycles. The van der Waals surface area contributed by atoms with Crippen LogP contribution in [0.25, 0.3) is 11.0 Å². The quantitative estimate of drug-likeness (QED) is 0.686. The predicted octanol–water partition coefficient (Wildman–Crippen LogP) is 2.28. The smallest absolute Gasteiger partial charge is 0.168 e. The van der Waals surface area contributed by atoms with Crippen molar-refractivity contribution in [2.75, 3.05) is 11.9 Å². The van der Waals surface area contributed by atoms with E-state index in [9.17, 15) is 0 Å². The number of nitrogens with one attached hydrogen (secondary N) is 1. The molecule has 1 aliphatic carbocycles. The average Bonchev–Trinajstić information content (AvgIpc) is 2.69. The topological polar surface area (TPSA) is 38.1 Å². The van der Waals surface area contributed by atoms with Crippen molar-refractivity contribution in [3.05, 3.63) is 23.9 Å². The second kappa shape index (κ2) is 1.95. The van der Waals surface area contributed by atoms with Gasteiger partial charge in [-0.15, -0.1) is 0 Å². The lowest BCUT2D eigenvalue weighted by molar-refractivity contribution is 0.456. The van der Waals surface area contributed by atoms with E-state index >= 15 is 0 Å². The molecule has 0 amide bonds. The van der Waals surface area contributed by atoms with E-state index in [1.807, 2.05) is 0 Å². The molecular weight excluding hydrogens is 176 g/mol. The zero-order valence-electron chi connectivity index (χ0n) is 7.71. The number of nitrogens with zero attached hydrogens (tertiary/aromatic N) is 1. The number of benzene rings is 1. The number of anilines is 1. The van der Waals surface area contributed by atoms with Crippen molar-refractivity contribution >= 4 is 16.7 Å². The van der Waals surface area contributed by atoms with Gasteiger partial charge in [0.25, 0.3) is 0 Å². The van der Waals surface area contributed by atoms with Crippen LogP contribution in [0.1, 0.15) is 18.4 Å². The Kier molecular flexibility index (Phi) is 0.955. The van der Waals surface area contributed by atoms with E-state index in [-0.39, 0.29) is 0 Å². The van der Waals surface area contributed by atoms with Crippen LogP contribution in [0.5, 0.6) is 0 Å². The van der Waals surface area contributed by atoms with Crippen LogP contribution in [0.4, 0.5) is 5.69 Å². The molecule has 70 valence electrons. The highest BCUT2D eigenvalue weighted by atomic mass is 16.5. The summed E-state index contributed by atoms with van der Waals surface area (Å²) in [4.78, 5) is 0. The van der Waals surface area contributed by atoms with Crippen molar-refractivity contribution in [1.82, 2.24) is 5.16 Å². The molecular formula is C11H10N2O. The molecule has 14 heavy (non-hydrogen) atoms. The molecule has 0 atom stereocenters. The van der Waals surface area contributed by atoms with Gasteiger partial charge in [0.05, 0.1) is 6.20 Å². The molecule has 2 heterocycles. The number of hydrogen-bond donors (Lipinski definition) is 1. The molecule has 1 saturated carbocycles. The van der Waals surface area contributed by atoms with Crippen LogP contribution >= 0.6 is 0 Å². The summed E-state index contributed by atoms with van der Waals surface area (Å²) in [6, 6.07) is 4.30. The van der Waals surface area contributed by atoms with Crippen molar-refractivity contribution in [2.45, 2.75) is 18.3 Å². The second-order valence-electron chi connectivity index (χ2n) is 4.40. The fourth-order valence-corrected chi connectivity index (χ4v) is 2.46. The predicted molar refractivity (Wildman–Crippen MR) is 53.4 cm³/mol. The zero-order chi connectivity index (χ0) is 9.17. The average molecular weight is 186 g/mol. The van der Waals surface area contributed by atoms with Gasteiger partial charge in [-0.3, -0.25) is 0 Å². The minimum absolute atomic E-state index is 0.459. The van der Waals surface area contributed by atoms with E-state index in [2.05, 4.69) is 22.6 Å². The van der Waals surface area contributed by atoms with Gasteiger partial charge in [0, 0.05) is 29.1 Å². The summed E-state index contributed by atoms with van der Waals surface area (Å²) in [6.07, 6.45) is 4.44. The zero-order valence-corrected chi connectivity index (χ0v) is 7.71. The van der Waals surface area contributed by atoms with Gasteiger partial charge in [-0.1, -0.05) is 5.16 Å². The Morgan fingerprint density at radius 2 is 2.29 bits per heavy atom. The molecule has 2 aromatic rings. The van der Waals surface area contributed by atoms with Crippen molar-refractivity contribution in [3.63, 3.8) is 0 Å². The number of hydrogen-bond acceptors (Lipinski definition) is 3. The molecule has 3 heteroatoms. The molecule has 1 fully saturated rings. The SMILES string of the molecule is c1noc2cc3c(cc12)C1(CC1)CN3. The van der Waals surface area contributed by atoms with Crippen molar-refractivity contribution < 1.29 is 4.52 Å².